The van der Waals surface area contributed by atoms with E-state index in [0.717, 1.165) is 0 Å². The molecular weight excluding hydrogens is 255 g/mol. The fraction of sp³-hybridized carbons (Fsp3) is 0.625. The number of hydrogen-bond acceptors (Lipinski definition) is 6. The van der Waals surface area contributed by atoms with Crippen molar-refractivity contribution in [1.82, 2.24) is 15.0 Å². The normalized spacial score (nSPS) is 11.6. The topological polar surface area (TPSA) is 91.2 Å². The molecular formula is C8H12Cl2N4O2. The minimum absolute atomic E-state index is 0.0524. The summed E-state index contributed by atoms with van der Waals surface area (Å²) in [5, 5.41) is 21.1. The monoisotopic (exact) mass is 266 g/mol. The molecule has 0 radical (unpaired) electrons. The highest BCUT2D eigenvalue weighted by atomic mass is 35.5. The molecule has 1 rings (SSSR count). The van der Waals surface area contributed by atoms with E-state index in [1.54, 1.807) is 0 Å². The zero-order valence-corrected chi connectivity index (χ0v) is 10.1. The van der Waals surface area contributed by atoms with Crippen LogP contribution in [0.25, 0.3) is 0 Å². The number of aliphatic hydroxyl groups is 2. The predicted molar refractivity (Wildman–Crippen MR) is 60.7 cm³/mol. The molecule has 0 unspecified atom stereocenters. The number of halogens is 2. The lowest BCUT2D eigenvalue weighted by Crippen LogP contribution is -2.45. The van der Waals surface area contributed by atoms with Gasteiger partial charge in [0.1, 0.15) is 0 Å². The van der Waals surface area contributed by atoms with Gasteiger partial charge in [-0.2, -0.15) is 15.0 Å². The number of hydrogen-bond donors (Lipinski definition) is 3. The summed E-state index contributed by atoms with van der Waals surface area (Å²) < 4.78 is 0. The van der Waals surface area contributed by atoms with Crippen LogP contribution in [0.15, 0.2) is 0 Å². The first-order valence-electron chi connectivity index (χ1n) is 4.62. The van der Waals surface area contributed by atoms with Crippen LogP contribution in [-0.4, -0.2) is 43.9 Å². The van der Waals surface area contributed by atoms with Crippen molar-refractivity contribution in [3.8, 4) is 0 Å². The molecule has 0 saturated carbocycles. The fourth-order valence-corrected chi connectivity index (χ4v) is 1.42. The van der Waals surface area contributed by atoms with Crippen LogP contribution in [0.4, 0.5) is 5.95 Å². The van der Waals surface area contributed by atoms with Gasteiger partial charge < -0.3 is 15.5 Å². The molecule has 3 N–H and O–H groups in total. The average Bonchev–Trinajstić information content (AvgIpc) is 2.25. The van der Waals surface area contributed by atoms with E-state index in [2.05, 4.69) is 20.3 Å². The zero-order chi connectivity index (χ0) is 12.2. The molecule has 1 aromatic heterocycles. The van der Waals surface area contributed by atoms with E-state index >= 15 is 0 Å². The molecule has 0 aliphatic carbocycles. The lowest BCUT2D eigenvalue weighted by Gasteiger charge is -2.29. The molecule has 1 aromatic rings. The van der Waals surface area contributed by atoms with Crippen molar-refractivity contribution in [3.63, 3.8) is 0 Å². The highest BCUT2D eigenvalue weighted by molar-refractivity contribution is 6.31. The summed E-state index contributed by atoms with van der Waals surface area (Å²) in [5.41, 5.74) is -0.895. The van der Waals surface area contributed by atoms with Gasteiger partial charge in [-0.15, -0.1) is 0 Å². The van der Waals surface area contributed by atoms with Crippen molar-refractivity contribution in [3.05, 3.63) is 10.6 Å². The summed E-state index contributed by atoms with van der Waals surface area (Å²) in [6, 6.07) is 0. The van der Waals surface area contributed by atoms with Gasteiger partial charge >= 0.3 is 0 Å². The maximum atomic E-state index is 9.22. The molecule has 0 aliphatic rings. The van der Waals surface area contributed by atoms with Gasteiger partial charge in [-0.05, 0) is 29.6 Å². The molecule has 0 atom stereocenters. The minimum Gasteiger partial charge on any atom is -0.394 e. The van der Waals surface area contributed by atoms with Gasteiger partial charge in [0, 0.05) is 0 Å². The van der Waals surface area contributed by atoms with Crippen LogP contribution >= 0.6 is 23.2 Å². The highest BCUT2D eigenvalue weighted by Gasteiger charge is 2.27. The standard InChI is InChI=1S/C8H12Cl2N4O2/c1-2-8(3-15,4-16)14-7-12-5(9)11-6(10)13-7/h15-16H,2-4H2,1H3,(H,11,12,13,14). The van der Waals surface area contributed by atoms with Gasteiger partial charge in [0.25, 0.3) is 0 Å². The molecule has 1 heterocycles. The van der Waals surface area contributed by atoms with Gasteiger partial charge in [0.05, 0.1) is 18.8 Å². The molecule has 0 saturated heterocycles. The lowest BCUT2D eigenvalue weighted by molar-refractivity contribution is 0.132. The Morgan fingerprint density at radius 1 is 1.12 bits per heavy atom. The Morgan fingerprint density at radius 3 is 2.00 bits per heavy atom. The Morgan fingerprint density at radius 2 is 1.62 bits per heavy atom. The smallest absolute Gasteiger partial charge is 0.228 e. The van der Waals surface area contributed by atoms with E-state index in [9.17, 15) is 10.2 Å². The first-order chi connectivity index (χ1) is 7.55. The SMILES string of the molecule is CCC(CO)(CO)Nc1nc(Cl)nc(Cl)n1. The molecule has 90 valence electrons. The van der Waals surface area contributed by atoms with Crippen molar-refractivity contribution in [1.29, 1.82) is 0 Å². The van der Waals surface area contributed by atoms with Gasteiger partial charge in [0.2, 0.25) is 16.5 Å². The van der Waals surface area contributed by atoms with E-state index in [1.165, 1.54) is 0 Å². The number of rotatable bonds is 5. The second-order valence-electron chi connectivity index (χ2n) is 3.27. The molecule has 0 fully saturated rings. The van der Waals surface area contributed by atoms with Crippen LogP contribution in [0.3, 0.4) is 0 Å². The maximum absolute atomic E-state index is 9.22. The van der Waals surface area contributed by atoms with E-state index < -0.39 is 5.54 Å². The minimum atomic E-state index is -0.895. The average molecular weight is 267 g/mol. The summed E-state index contributed by atoms with van der Waals surface area (Å²) in [5.74, 6) is 0.120. The Balaban J connectivity index is 2.93. The van der Waals surface area contributed by atoms with E-state index in [-0.39, 0.29) is 29.7 Å². The van der Waals surface area contributed by atoms with E-state index in [4.69, 9.17) is 23.2 Å². The molecule has 0 aromatic carbocycles. The third-order valence-corrected chi connectivity index (χ3v) is 2.58. The lowest BCUT2D eigenvalue weighted by atomic mass is 9.99. The summed E-state index contributed by atoms with van der Waals surface area (Å²) >= 11 is 11.2. The Labute approximate surface area is 103 Å². The molecule has 0 amide bonds. The summed E-state index contributed by atoms with van der Waals surface area (Å²) in [6.07, 6.45) is 0.487. The number of aromatic nitrogens is 3. The first-order valence-corrected chi connectivity index (χ1v) is 5.38. The molecule has 6 nitrogen and oxygen atoms in total. The van der Waals surface area contributed by atoms with Gasteiger partial charge in [-0.25, -0.2) is 0 Å². The van der Waals surface area contributed by atoms with Crippen molar-refractivity contribution < 1.29 is 10.2 Å². The van der Waals surface area contributed by atoms with Crippen LogP contribution in [-0.2, 0) is 0 Å². The van der Waals surface area contributed by atoms with Gasteiger partial charge in [-0.1, -0.05) is 6.92 Å². The van der Waals surface area contributed by atoms with Crippen LogP contribution < -0.4 is 5.32 Å². The van der Waals surface area contributed by atoms with Crippen LogP contribution in [0, 0.1) is 0 Å². The van der Waals surface area contributed by atoms with Crippen molar-refractivity contribution in [2.45, 2.75) is 18.9 Å². The summed E-state index contributed by atoms with van der Waals surface area (Å²) in [7, 11) is 0. The van der Waals surface area contributed by atoms with Crippen LogP contribution in [0.5, 0.6) is 0 Å². The predicted octanol–water partition coefficient (Wildman–Crippen LogP) is 0.724. The van der Waals surface area contributed by atoms with E-state index in [0.29, 0.717) is 6.42 Å². The third-order valence-electron chi connectivity index (χ3n) is 2.24. The molecule has 16 heavy (non-hydrogen) atoms. The largest absolute Gasteiger partial charge is 0.394 e. The third kappa shape index (κ3) is 3.15. The number of nitrogens with zero attached hydrogens (tertiary/aromatic N) is 3. The van der Waals surface area contributed by atoms with Crippen LogP contribution in [0.2, 0.25) is 10.6 Å². The summed E-state index contributed by atoms with van der Waals surface area (Å²) in [6.45, 7) is 1.28. The molecule has 0 spiro atoms. The van der Waals surface area contributed by atoms with Crippen molar-refractivity contribution in [2.75, 3.05) is 18.5 Å². The maximum Gasteiger partial charge on any atom is 0.228 e. The molecule has 0 aliphatic heterocycles. The number of nitrogens with one attached hydrogen (secondary N) is 1. The van der Waals surface area contributed by atoms with Crippen molar-refractivity contribution >= 4 is 29.2 Å². The number of anilines is 1. The Hall–Kier alpha value is -0.690. The van der Waals surface area contributed by atoms with Crippen molar-refractivity contribution in [2.24, 2.45) is 0 Å². The highest BCUT2D eigenvalue weighted by Crippen LogP contribution is 2.17. The van der Waals surface area contributed by atoms with Gasteiger partial charge in [0.15, 0.2) is 0 Å². The zero-order valence-electron chi connectivity index (χ0n) is 8.61. The fourth-order valence-electron chi connectivity index (χ4n) is 1.06. The van der Waals surface area contributed by atoms with Gasteiger partial charge in [-0.3, -0.25) is 0 Å². The Kier molecular flexibility index (Phi) is 4.67. The molecule has 8 heteroatoms. The first kappa shape index (κ1) is 13.4. The molecule has 0 bridgehead atoms. The quantitative estimate of drug-likeness (QED) is 0.728. The number of aliphatic hydroxyl groups excluding tert-OH is 2. The van der Waals surface area contributed by atoms with Crippen LogP contribution in [0.1, 0.15) is 13.3 Å². The summed E-state index contributed by atoms with van der Waals surface area (Å²) in [4.78, 5) is 11.2. The second-order valence-corrected chi connectivity index (χ2v) is 3.95. The Bertz CT molecular complexity index is 331. The second kappa shape index (κ2) is 5.58. The van der Waals surface area contributed by atoms with E-state index in [1.807, 2.05) is 6.92 Å².